The van der Waals surface area contributed by atoms with Crippen LogP contribution in [0.3, 0.4) is 0 Å². The average molecular weight is 1690 g/mol. The number of para-hydroxylation sites is 7. The van der Waals surface area contributed by atoms with Gasteiger partial charge in [-0.25, -0.2) is 0 Å². The van der Waals surface area contributed by atoms with E-state index >= 15 is 0 Å². The van der Waals surface area contributed by atoms with E-state index in [-0.39, 0.29) is 5.41 Å². The van der Waals surface area contributed by atoms with Crippen LogP contribution in [0.2, 0.25) is 0 Å². The highest BCUT2D eigenvalue weighted by Crippen LogP contribution is 2.56. The maximum atomic E-state index is 6.57. The van der Waals surface area contributed by atoms with Crippen molar-refractivity contribution in [3.05, 3.63) is 466 Å². The third kappa shape index (κ3) is 12.3. The lowest BCUT2D eigenvalue weighted by molar-refractivity contribution is 0.660. The topological polar surface area (TPSA) is 45.9 Å². The van der Waals surface area contributed by atoms with Crippen molar-refractivity contribution < 1.29 is 8.83 Å². The fourth-order valence-electron chi connectivity index (χ4n) is 21.2. The third-order valence-corrected chi connectivity index (χ3v) is 28.4. The number of aromatic nitrogens is 2. The molecule has 4 aromatic heterocycles. The van der Waals surface area contributed by atoms with E-state index in [0.717, 1.165) is 117 Å². The highest BCUT2D eigenvalue weighted by molar-refractivity contribution is 7.99. The number of nitrogens with zero attached hydrogens (tertiary/aromatic N) is 5. The van der Waals surface area contributed by atoms with Gasteiger partial charge in [0.2, 0.25) is 0 Å². The molecule has 0 saturated carbocycles. The molecule has 7 nitrogen and oxygen atoms in total. The molecule has 2 aliphatic rings. The Morgan fingerprint density at radius 3 is 1.46 bits per heavy atom. The first-order valence-corrected chi connectivity index (χ1v) is 45.7. The molecule has 616 valence electrons. The summed E-state index contributed by atoms with van der Waals surface area (Å²) in [4.78, 5) is 9.61. The van der Waals surface area contributed by atoms with Crippen molar-refractivity contribution in [3.63, 3.8) is 0 Å². The van der Waals surface area contributed by atoms with E-state index in [1.54, 1.807) is 0 Å². The second-order valence-corrected chi connectivity index (χ2v) is 36.1. The number of rotatable bonds is 12. The van der Waals surface area contributed by atoms with Gasteiger partial charge in [-0.3, -0.25) is 0 Å². The third-order valence-electron chi connectivity index (χ3n) is 27.3. The normalized spacial score (nSPS) is 12.7. The zero-order valence-electron chi connectivity index (χ0n) is 71.8. The summed E-state index contributed by atoms with van der Waals surface area (Å²) in [5.41, 5.74) is 33.0. The summed E-state index contributed by atoms with van der Waals surface area (Å²) in [7, 11) is 0. The van der Waals surface area contributed by atoms with Gasteiger partial charge in [-0.1, -0.05) is 305 Å². The number of hydrogen-bond acceptors (Lipinski definition) is 6. The molecule has 21 aromatic carbocycles. The zero-order valence-corrected chi connectivity index (χ0v) is 72.6. The van der Waals surface area contributed by atoms with Crippen molar-refractivity contribution in [2.75, 3.05) is 14.7 Å². The fourth-order valence-corrected chi connectivity index (χ4v) is 22.3. The molecule has 1 aliphatic heterocycles. The summed E-state index contributed by atoms with van der Waals surface area (Å²) in [6.07, 6.45) is 0. The van der Waals surface area contributed by atoms with Gasteiger partial charge in [0.05, 0.1) is 33.4 Å². The molecule has 1 aliphatic carbocycles. The average Bonchev–Trinajstić information content (AvgIpc) is 1.56. The molecule has 0 bridgehead atoms. The smallest absolute Gasteiger partial charge is 0.143 e. The van der Waals surface area contributed by atoms with Crippen LogP contribution in [0.25, 0.3) is 176 Å². The molecule has 0 atom stereocenters. The standard InChI is InChI=1S/C62H39N3OS.C61H42N2O/c1-4-18-40(19-5-1)63(44-33-35-56-60(37-44)67-59-31-17-15-29-55(59)64(56)41-20-6-2-7-21-41)43-32-34-47-53-38-51(45-24-10-12-27-49(45)61(53)65(57(47)36-43)42-22-8-3-9-23-42)52-39-54-48-26-14-16-30-58(48)66-62(54)50-28-13-11-25-46(50)52;1-61(2)55-21-10-8-18-49(55)50-31-29-45(37-56(50)61)63-57-33-25-41(42-26-34-60-54(36-42)52-19-9-11-22-59(52)64-60)35-53(57)51-32-30-46(38-58(51)63)62(43-15-4-3-5-16-43)44-27-23-40(24-28-44)48-20-12-14-39-13-6-7-17-47(39)48/h1-39H;3-38H,1-2H3. The molecule has 0 amide bonds. The molecular weight excluding hydrogens is 1610 g/mol. The van der Waals surface area contributed by atoms with Crippen molar-refractivity contribution in [1.29, 1.82) is 0 Å². The Morgan fingerprint density at radius 2 is 0.725 bits per heavy atom. The molecule has 0 radical (unpaired) electrons. The maximum absolute atomic E-state index is 6.57. The maximum Gasteiger partial charge on any atom is 0.143 e. The molecule has 0 fully saturated rings. The molecule has 0 unspecified atom stereocenters. The highest BCUT2D eigenvalue weighted by Gasteiger charge is 2.36. The van der Waals surface area contributed by atoms with Crippen LogP contribution in [0.5, 0.6) is 0 Å². The first-order valence-electron chi connectivity index (χ1n) is 44.9. The van der Waals surface area contributed by atoms with Gasteiger partial charge in [0.15, 0.2) is 0 Å². The Morgan fingerprint density at radius 1 is 0.237 bits per heavy atom. The van der Waals surface area contributed by atoms with E-state index in [1.807, 2.05) is 30.0 Å². The zero-order chi connectivity index (χ0) is 86.5. The molecule has 25 aromatic rings. The van der Waals surface area contributed by atoms with E-state index in [1.165, 1.54) is 131 Å². The van der Waals surface area contributed by atoms with Crippen molar-refractivity contribution in [2.24, 2.45) is 0 Å². The van der Waals surface area contributed by atoms with E-state index < -0.39 is 0 Å². The Labute approximate surface area is 761 Å². The molecule has 0 spiro atoms. The monoisotopic (exact) mass is 1690 g/mol. The molecule has 8 heteroatoms. The lowest BCUT2D eigenvalue weighted by Gasteiger charge is -2.34. The van der Waals surface area contributed by atoms with Crippen LogP contribution in [-0.2, 0) is 5.41 Å². The van der Waals surface area contributed by atoms with Crippen molar-refractivity contribution in [3.8, 4) is 55.9 Å². The number of benzene rings is 21. The summed E-state index contributed by atoms with van der Waals surface area (Å²) in [6, 6.07) is 166. The minimum Gasteiger partial charge on any atom is -0.456 e. The summed E-state index contributed by atoms with van der Waals surface area (Å²) in [5.74, 6) is 0. The molecular formula is C123H81N5O2S. The molecule has 27 rings (SSSR count). The summed E-state index contributed by atoms with van der Waals surface area (Å²) in [5, 5.41) is 16.5. The number of furan rings is 2. The van der Waals surface area contributed by atoms with Crippen LogP contribution in [0.1, 0.15) is 25.0 Å². The first kappa shape index (κ1) is 75.7. The Bertz CT molecular complexity index is 8930. The van der Waals surface area contributed by atoms with Gasteiger partial charge in [-0.2, -0.15) is 0 Å². The largest absolute Gasteiger partial charge is 0.456 e. The van der Waals surface area contributed by atoms with Gasteiger partial charge in [0, 0.05) is 120 Å². The Hall–Kier alpha value is -16.7. The van der Waals surface area contributed by atoms with Crippen LogP contribution in [-0.4, -0.2) is 9.13 Å². The SMILES string of the molecule is CC1(C)c2ccccc2-c2ccc(-n3c4ccc(-c5ccc6oc7ccccc7c6c5)cc4c4ccc(N(c5ccccc5)c5ccc(-c6cccc7ccccc67)cc5)cc43)cc21.c1ccc(N(c2ccc3c(c2)Sc2ccccc2N3c2ccccc2)c2ccc3c4cc(-c5cc6c7ccccc7oc6c6ccccc56)c5ccccc5c4n(-c4ccccc4)c3c2)cc1. The van der Waals surface area contributed by atoms with Crippen molar-refractivity contribution in [2.45, 2.75) is 29.1 Å². The van der Waals surface area contributed by atoms with E-state index in [2.05, 4.69) is 474 Å². The quantitative estimate of drug-likeness (QED) is 0.121. The number of fused-ring (bicyclic) bond motifs is 22. The minimum atomic E-state index is -0.128. The van der Waals surface area contributed by atoms with Crippen LogP contribution in [0, 0.1) is 0 Å². The molecule has 0 saturated heterocycles. The van der Waals surface area contributed by atoms with Crippen LogP contribution in [0.15, 0.2) is 474 Å². The van der Waals surface area contributed by atoms with Crippen LogP contribution in [0.4, 0.5) is 51.2 Å². The van der Waals surface area contributed by atoms with Crippen molar-refractivity contribution in [1.82, 2.24) is 9.13 Å². The Balaban J connectivity index is 0.000000138. The van der Waals surface area contributed by atoms with Crippen LogP contribution < -0.4 is 14.7 Å². The van der Waals surface area contributed by atoms with Crippen molar-refractivity contribution >= 4 is 183 Å². The van der Waals surface area contributed by atoms with Gasteiger partial charge < -0.3 is 32.7 Å². The van der Waals surface area contributed by atoms with E-state index in [9.17, 15) is 0 Å². The second kappa shape index (κ2) is 30.3. The first-order chi connectivity index (χ1) is 64.7. The predicted octanol–water partition coefficient (Wildman–Crippen LogP) is 35.0. The molecule has 131 heavy (non-hydrogen) atoms. The summed E-state index contributed by atoms with van der Waals surface area (Å²) >= 11 is 1.83. The predicted molar refractivity (Wildman–Crippen MR) is 551 cm³/mol. The van der Waals surface area contributed by atoms with Gasteiger partial charge in [-0.05, 0) is 253 Å². The molecule has 5 heterocycles. The van der Waals surface area contributed by atoms with Gasteiger partial charge in [-0.15, -0.1) is 0 Å². The van der Waals surface area contributed by atoms with Crippen LogP contribution >= 0.6 is 11.8 Å². The van der Waals surface area contributed by atoms with Gasteiger partial charge in [0.1, 0.15) is 22.3 Å². The summed E-state index contributed by atoms with van der Waals surface area (Å²) in [6.45, 7) is 4.72. The Kier molecular flexibility index (Phi) is 17.5. The number of anilines is 9. The second-order valence-electron chi connectivity index (χ2n) is 35.0. The lowest BCUT2D eigenvalue weighted by atomic mass is 9.82. The van der Waals surface area contributed by atoms with E-state index in [0.29, 0.717) is 0 Å². The lowest BCUT2D eigenvalue weighted by Crippen LogP contribution is -2.16. The fraction of sp³-hybridized carbons (Fsp3) is 0.0244. The van der Waals surface area contributed by atoms with E-state index in [4.69, 9.17) is 8.83 Å². The molecule has 0 N–H and O–H groups in total. The number of hydrogen-bond donors (Lipinski definition) is 0. The minimum absolute atomic E-state index is 0.128. The summed E-state index contributed by atoms with van der Waals surface area (Å²) < 4.78 is 17.8. The van der Waals surface area contributed by atoms with Gasteiger partial charge >= 0.3 is 0 Å². The van der Waals surface area contributed by atoms with Gasteiger partial charge in [0.25, 0.3) is 0 Å². The highest BCUT2D eigenvalue weighted by atomic mass is 32.2.